The van der Waals surface area contributed by atoms with Gasteiger partial charge in [0.25, 0.3) is 5.78 Å². The predicted molar refractivity (Wildman–Crippen MR) is 131 cm³/mol. The Morgan fingerprint density at radius 2 is 0.896 bits per heavy atom. The molecule has 2 atom stereocenters. The molecule has 0 aromatic heterocycles. The highest BCUT2D eigenvalue weighted by Gasteiger charge is 2.85. The summed E-state index contributed by atoms with van der Waals surface area (Å²) >= 11 is 0. The van der Waals surface area contributed by atoms with Crippen molar-refractivity contribution >= 4 is 45.8 Å². The number of ether oxygens (including phenoxy) is 2. The minimum atomic E-state index is -8.19. The molecular weight excluding hydrogens is 792 g/mol. The first-order valence-corrected chi connectivity index (χ1v) is 23.5. The molecule has 0 aliphatic carbocycles. The van der Waals surface area contributed by atoms with Gasteiger partial charge in [0.1, 0.15) is 0 Å². The summed E-state index contributed by atoms with van der Waals surface area (Å²) < 4.78 is 255. The maximum atomic E-state index is 14.9. The number of rotatable bonds is 11. The van der Waals surface area contributed by atoms with Crippen molar-refractivity contribution in [2.75, 3.05) is 0 Å². The molecule has 8 nitrogen and oxygen atoms in total. The Labute approximate surface area is 263 Å². The SMILES string of the molecule is C[Si]1(C)O[Si](C)(C)O[Si](C)(CCC(=O)C(=O)C(F)(OC(F)(F)C(F)(OC(F)(F)C(F)(F)C(F)(F)F)C(F)(F)F)C(F)(F)F)O[Si](C)(C)O1. The summed E-state index contributed by atoms with van der Waals surface area (Å²) in [4.78, 5) is 24.6. The van der Waals surface area contributed by atoms with Gasteiger partial charge in [-0.2, -0.15) is 74.6 Å². The van der Waals surface area contributed by atoms with E-state index in [-0.39, 0.29) is 0 Å². The lowest BCUT2D eigenvalue weighted by molar-refractivity contribution is -0.548. The summed E-state index contributed by atoms with van der Waals surface area (Å²) in [7, 11) is -13.6. The number of halogens is 17. The van der Waals surface area contributed by atoms with E-state index >= 15 is 0 Å². The van der Waals surface area contributed by atoms with E-state index < -0.39 is 107 Å². The number of alkyl halides is 17. The molecule has 29 heteroatoms. The van der Waals surface area contributed by atoms with E-state index in [1.165, 1.54) is 30.9 Å². The first kappa shape index (κ1) is 44.8. The van der Waals surface area contributed by atoms with Crippen LogP contribution >= 0.6 is 0 Å². The predicted octanol–water partition coefficient (Wildman–Crippen LogP) is 7.64. The lowest BCUT2D eigenvalue weighted by Gasteiger charge is -2.47. The number of hydrogen-bond acceptors (Lipinski definition) is 8. The topological polar surface area (TPSA) is 89.5 Å². The molecule has 1 aliphatic heterocycles. The third-order valence-electron chi connectivity index (χ3n) is 5.62. The first-order valence-electron chi connectivity index (χ1n) is 12.5. The van der Waals surface area contributed by atoms with Crippen molar-refractivity contribution in [1.29, 1.82) is 0 Å². The van der Waals surface area contributed by atoms with Gasteiger partial charge in [0.05, 0.1) is 0 Å². The van der Waals surface area contributed by atoms with Crippen molar-refractivity contribution in [2.24, 2.45) is 0 Å². The largest absolute Gasteiger partial charge is 0.462 e. The van der Waals surface area contributed by atoms with Crippen molar-refractivity contribution in [3.63, 3.8) is 0 Å². The van der Waals surface area contributed by atoms with Crippen LogP contribution in [0.4, 0.5) is 74.6 Å². The van der Waals surface area contributed by atoms with E-state index in [0.717, 1.165) is 6.55 Å². The second-order valence-electron chi connectivity index (χ2n) is 11.5. The molecule has 0 aromatic carbocycles. The summed E-state index contributed by atoms with van der Waals surface area (Å²) in [6.45, 7) is 9.98. The van der Waals surface area contributed by atoms with Gasteiger partial charge in [-0.25, -0.2) is 0 Å². The molecule has 0 spiro atoms. The third kappa shape index (κ3) is 9.35. The Morgan fingerprint density at radius 3 is 1.23 bits per heavy atom. The van der Waals surface area contributed by atoms with Crippen LogP contribution in [-0.2, 0) is 35.5 Å². The standard InChI is InChI=1S/C19H25F17O8Si4/c1-45(2)41-46(3,4)43-48(7,44-47(5,6)42-45)9-8-10(37)11(38)12(20,15(24,25)26)39-19(35,36)14(23,17(30,31)32)40-18(33,34)13(21,22)16(27,28)29/h8-9H2,1-7H3. The monoisotopic (exact) mass is 816 g/mol. The van der Waals surface area contributed by atoms with Crippen LogP contribution in [-0.4, -0.2) is 94.2 Å². The fraction of sp³-hybridized carbons (Fsp3) is 0.895. The van der Waals surface area contributed by atoms with Crippen LogP contribution in [0.25, 0.3) is 0 Å². The zero-order chi connectivity index (χ0) is 38.8. The van der Waals surface area contributed by atoms with Crippen molar-refractivity contribution in [2.45, 2.75) is 107 Å². The lowest BCUT2D eigenvalue weighted by atomic mass is 10.1. The van der Waals surface area contributed by atoms with Gasteiger partial charge in [-0.05, 0) is 51.9 Å². The van der Waals surface area contributed by atoms with E-state index in [9.17, 15) is 84.2 Å². The minimum absolute atomic E-state index is 0.944. The van der Waals surface area contributed by atoms with E-state index in [2.05, 4.69) is 0 Å². The fourth-order valence-electron chi connectivity index (χ4n) is 4.21. The average molecular weight is 817 g/mol. The Morgan fingerprint density at radius 1 is 0.521 bits per heavy atom. The molecule has 48 heavy (non-hydrogen) atoms. The quantitative estimate of drug-likeness (QED) is 0.120. The molecular formula is C19H25F17O8Si4. The van der Waals surface area contributed by atoms with E-state index in [1.54, 1.807) is 13.1 Å². The second kappa shape index (κ2) is 12.8. The molecule has 0 amide bonds. The Hall–Kier alpha value is -1.22. The summed E-state index contributed by atoms with van der Waals surface area (Å²) in [6, 6.07) is -0.944. The van der Waals surface area contributed by atoms with Gasteiger partial charge < -0.3 is 16.5 Å². The number of hydrogen-bond donors (Lipinski definition) is 0. The summed E-state index contributed by atoms with van der Waals surface area (Å²) in [6.07, 6.45) is -40.9. The van der Waals surface area contributed by atoms with Crippen LogP contribution in [0.2, 0.25) is 51.9 Å². The van der Waals surface area contributed by atoms with Gasteiger partial charge in [0.15, 0.2) is 0 Å². The van der Waals surface area contributed by atoms with Crippen LogP contribution in [0, 0.1) is 0 Å². The maximum absolute atomic E-state index is 14.9. The van der Waals surface area contributed by atoms with E-state index in [4.69, 9.17) is 16.5 Å². The van der Waals surface area contributed by atoms with Gasteiger partial charge in [0, 0.05) is 6.42 Å². The molecule has 2 unspecified atom stereocenters. The molecule has 0 aromatic rings. The number of carbonyl (C=O) groups is 2. The molecule has 1 saturated heterocycles. The number of Topliss-reactive ketones (excluding diaryl/α,β-unsaturated/α-hetero) is 2. The van der Waals surface area contributed by atoms with Crippen molar-refractivity contribution in [1.82, 2.24) is 0 Å². The van der Waals surface area contributed by atoms with Gasteiger partial charge in [-0.3, -0.25) is 19.1 Å². The van der Waals surface area contributed by atoms with Crippen molar-refractivity contribution in [3.8, 4) is 0 Å². The van der Waals surface area contributed by atoms with Gasteiger partial charge in [-0.1, -0.05) is 0 Å². The van der Waals surface area contributed by atoms with E-state index in [0.29, 0.717) is 0 Å². The summed E-state index contributed by atoms with van der Waals surface area (Å²) in [5.74, 6) is -29.9. The van der Waals surface area contributed by atoms with Crippen molar-refractivity contribution < 1.29 is 110 Å². The number of carbonyl (C=O) groups excluding carboxylic acids is 2. The minimum Gasteiger partial charge on any atom is -0.416 e. The molecule has 1 fully saturated rings. The Balaban J connectivity index is 3.56. The lowest BCUT2D eigenvalue weighted by Crippen LogP contribution is -2.68. The summed E-state index contributed by atoms with van der Waals surface area (Å²) in [5, 5.41) is 0. The smallest absolute Gasteiger partial charge is 0.416 e. The second-order valence-corrected chi connectivity index (χ2v) is 25.9. The zero-order valence-electron chi connectivity index (χ0n) is 25.1. The zero-order valence-corrected chi connectivity index (χ0v) is 29.1. The maximum Gasteiger partial charge on any atom is 0.462 e. The van der Waals surface area contributed by atoms with E-state index in [1.807, 2.05) is 4.74 Å². The number of ketones is 2. The molecule has 1 aliphatic rings. The van der Waals surface area contributed by atoms with Crippen LogP contribution in [0.15, 0.2) is 0 Å². The van der Waals surface area contributed by atoms with Crippen LogP contribution in [0.5, 0.6) is 0 Å². The summed E-state index contributed by atoms with van der Waals surface area (Å²) in [5.41, 5.74) is 0. The van der Waals surface area contributed by atoms with Gasteiger partial charge in [-0.15, -0.1) is 0 Å². The average Bonchev–Trinajstić information content (AvgIpc) is 2.75. The molecule has 1 heterocycles. The highest BCUT2D eigenvalue weighted by atomic mass is 28.5. The van der Waals surface area contributed by atoms with Crippen LogP contribution in [0.1, 0.15) is 6.42 Å². The third-order valence-corrected chi connectivity index (χ3v) is 22.0. The Bertz CT molecular complexity index is 1200. The van der Waals surface area contributed by atoms with Crippen LogP contribution < -0.4 is 0 Å². The van der Waals surface area contributed by atoms with Gasteiger partial charge in [0.2, 0.25) is 5.78 Å². The highest BCUT2D eigenvalue weighted by molar-refractivity contribution is 6.93. The molecule has 0 N–H and O–H groups in total. The van der Waals surface area contributed by atoms with Gasteiger partial charge >= 0.3 is 82.6 Å². The first-order chi connectivity index (χ1) is 20.5. The molecule has 0 bridgehead atoms. The fourth-order valence-corrected chi connectivity index (χ4v) is 25.7. The molecule has 284 valence electrons. The molecule has 0 saturated carbocycles. The molecule has 0 radical (unpaired) electrons. The van der Waals surface area contributed by atoms with Crippen LogP contribution in [0.3, 0.4) is 0 Å². The van der Waals surface area contributed by atoms with Crippen molar-refractivity contribution in [3.05, 3.63) is 0 Å². The highest BCUT2D eigenvalue weighted by Crippen LogP contribution is 2.56. The normalized spacial score (nSPS) is 23.3. The Kier molecular flexibility index (Phi) is 11.9. The molecule has 1 rings (SSSR count).